The van der Waals surface area contributed by atoms with E-state index >= 15 is 0 Å². The van der Waals surface area contributed by atoms with Crippen molar-refractivity contribution in [2.45, 2.75) is 45.1 Å². The summed E-state index contributed by atoms with van der Waals surface area (Å²) in [5, 5.41) is 12.4. The molecule has 2 aliphatic rings. The first kappa shape index (κ1) is 11.6. The number of nitrogens with one attached hydrogen (secondary N) is 1. The van der Waals surface area contributed by atoms with Crippen molar-refractivity contribution in [3.05, 3.63) is 11.6 Å². The van der Waals surface area contributed by atoms with Gasteiger partial charge in [-0.15, -0.1) is 0 Å². The van der Waals surface area contributed by atoms with Crippen molar-refractivity contribution in [2.24, 2.45) is 11.8 Å². The van der Waals surface area contributed by atoms with E-state index in [0.717, 1.165) is 11.8 Å². The molecule has 2 N–H and O–H groups in total. The molecule has 3 heteroatoms. The van der Waals surface area contributed by atoms with E-state index in [0.29, 0.717) is 24.6 Å². The SMILES string of the molecule is CCC(=CCNC(C1CC1)C1CC1)C(=O)O. The van der Waals surface area contributed by atoms with Crippen LogP contribution >= 0.6 is 0 Å². The average molecular weight is 223 g/mol. The quantitative estimate of drug-likeness (QED) is 0.650. The summed E-state index contributed by atoms with van der Waals surface area (Å²) in [5.74, 6) is 0.963. The number of aliphatic carboxylic acids is 1. The van der Waals surface area contributed by atoms with E-state index in [9.17, 15) is 4.79 Å². The molecule has 0 radical (unpaired) electrons. The Bertz CT molecular complexity index is 278. The summed E-state index contributed by atoms with van der Waals surface area (Å²) in [7, 11) is 0. The van der Waals surface area contributed by atoms with Crippen LogP contribution in [0.15, 0.2) is 11.6 Å². The lowest BCUT2D eigenvalue weighted by Gasteiger charge is -2.16. The Morgan fingerprint density at radius 2 is 1.94 bits per heavy atom. The monoisotopic (exact) mass is 223 g/mol. The minimum atomic E-state index is -0.779. The fraction of sp³-hybridized carbons (Fsp3) is 0.769. The zero-order valence-corrected chi connectivity index (χ0v) is 9.91. The van der Waals surface area contributed by atoms with Gasteiger partial charge in [0.1, 0.15) is 0 Å². The predicted octanol–water partition coefficient (Wildman–Crippen LogP) is 2.19. The van der Waals surface area contributed by atoms with Crippen molar-refractivity contribution in [1.29, 1.82) is 0 Å². The first-order chi connectivity index (χ1) is 7.72. The molecule has 90 valence electrons. The normalized spacial score (nSPS) is 21.5. The van der Waals surface area contributed by atoms with Crippen molar-refractivity contribution in [2.75, 3.05) is 6.54 Å². The summed E-state index contributed by atoms with van der Waals surface area (Å²) in [6.07, 6.45) is 7.87. The zero-order chi connectivity index (χ0) is 11.5. The zero-order valence-electron chi connectivity index (χ0n) is 9.91. The summed E-state index contributed by atoms with van der Waals surface area (Å²) in [6, 6.07) is 0.656. The van der Waals surface area contributed by atoms with E-state index in [1.54, 1.807) is 0 Å². The van der Waals surface area contributed by atoms with Crippen molar-refractivity contribution in [3.63, 3.8) is 0 Å². The van der Waals surface area contributed by atoms with E-state index in [2.05, 4.69) is 5.32 Å². The second-order valence-electron chi connectivity index (χ2n) is 5.00. The highest BCUT2D eigenvalue weighted by atomic mass is 16.4. The first-order valence-electron chi connectivity index (χ1n) is 6.38. The van der Waals surface area contributed by atoms with Crippen molar-refractivity contribution >= 4 is 5.97 Å². The van der Waals surface area contributed by atoms with Gasteiger partial charge in [0.2, 0.25) is 0 Å². The third kappa shape index (κ3) is 3.08. The lowest BCUT2D eigenvalue weighted by atomic mass is 10.1. The third-order valence-electron chi connectivity index (χ3n) is 3.62. The van der Waals surface area contributed by atoms with Crippen LogP contribution in [-0.2, 0) is 4.79 Å². The molecule has 0 saturated heterocycles. The first-order valence-corrected chi connectivity index (χ1v) is 6.38. The molecule has 0 aromatic carbocycles. The van der Waals surface area contributed by atoms with Crippen LogP contribution in [0.4, 0.5) is 0 Å². The Morgan fingerprint density at radius 1 is 1.38 bits per heavy atom. The molecule has 3 nitrogen and oxygen atoms in total. The van der Waals surface area contributed by atoms with Gasteiger partial charge >= 0.3 is 5.97 Å². The van der Waals surface area contributed by atoms with Gasteiger partial charge in [0, 0.05) is 18.2 Å². The van der Waals surface area contributed by atoms with Gasteiger partial charge < -0.3 is 10.4 Å². The fourth-order valence-electron chi connectivity index (χ4n) is 2.33. The molecule has 0 amide bonds. The predicted molar refractivity (Wildman–Crippen MR) is 63.2 cm³/mol. The Kier molecular flexibility index (Phi) is 3.64. The molecule has 2 rings (SSSR count). The molecular weight excluding hydrogens is 202 g/mol. The van der Waals surface area contributed by atoms with E-state index in [-0.39, 0.29) is 0 Å². The molecule has 0 bridgehead atoms. The molecule has 2 fully saturated rings. The van der Waals surface area contributed by atoms with E-state index in [1.165, 1.54) is 25.7 Å². The molecule has 0 spiro atoms. The Balaban J connectivity index is 1.78. The summed E-state index contributed by atoms with van der Waals surface area (Å²) in [6.45, 7) is 2.60. The number of carboxylic acids is 1. The van der Waals surface area contributed by atoms with Gasteiger partial charge in [0.15, 0.2) is 0 Å². The van der Waals surface area contributed by atoms with Gasteiger partial charge in [0.25, 0.3) is 0 Å². The van der Waals surface area contributed by atoms with Crippen molar-refractivity contribution in [1.82, 2.24) is 5.32 Å². The maximum Gasteiger partial charge on any atom is 0.331 e. The largest absolute Gasteiger partial charge is 0.478 e. The van der Waals surface area contributed by atoms with E-state index in [1.807, 2.05) is 13.0 Å². The number of carbonyl (C=O) groups is 1. The van der Waals surface area contributed by atoms with Crippen LogP contribution in [-0.4, -0.2) is 23.7 Å². The standard InChI is InChI=1S/C13H21NO2/c1-2-9(13(15)16)7-8-14-12(10-3-4-10)11-5-6-11/h7,10-12,14H,2-6,8H2,1H3,(H,15,16). The van der Waals surface area contributed by atoms with Gasteiger partial charge in [-0.1, -0.05) is 13.0 Å². The summed E-state index contributed by atoms with van der Waals surface area (Å²) < 4.78 is 0. The molecule has 0 atom stereocenters. The minimum Gasteiger partial charge on any atom is -0.478 e. The summed E-state index contributed by atoms with van der Waals surface area (Å²) in [4.78, 5) is 10.8. The topological polar surface area (TPSA) is 49.3 Å². The molecule has 0 heterocycles. The van der Waals surface area contributed by atoms with Crippen molar-refractivity contribution < 1.29 is 9.90 Å². The van der Waals surface area contributed by atoms with Crippen LogP contribution in [0.2, 0.25) is 0 Å². The highest BCUT2D eigenvalue weighted by Crippen LogP contribution is 2.44. The van der Waals surface area contributed by atoms with Gasteiger partial charge in [0.05, 0.1) is 0 Å². The Hall–Kier alpha value is -0.830. The van der Waals surface area contributed by atoms with Crippen LogP contribution in [0.1, 0.15) is 39.0 Å². The van der Waals surface area contributed by atoms with Crippen LogP contribution in [0, 0.1) is 11.8 Å². The molecule has 2 saturated carbocycles. The number of hydrogen-bond donors (Lipinski definition) is 2. The van der Waals surface area contributed by atoms with Crippen LogP contribution < -0.4 is 5.32 Å². The lowest BCUT2D eigenvalue weighted by Crippen LogP contribution is -2.33. The smallest absolute Gasteiger partial charge is 0.331 e. The maximum absolute atomic E-state index is 10.8. The van der Waals surface area contributed by atoms with Gasteiger partial charge in [-0.05, 0) is 43.9 Å². The van der Waals surface area contributed by atoms with E-state index < -0.39 is 5.97 Å². The van der Waals surface area contributed by atoms with E-state index in [4.69, 9.17) is 5.11 Å². The highest BCUT2D eigenvalue weighted by Gasteiger charge is 2.40. The highest BCUT2D eigenvalue weighted by molar-refractivity contribution is 5.86. The summed E-state index contributed by atoms with van der Waals surface area (Å²) >= 11 is 0. The number of rotatable bonds is 7. The van der Waals surface area contributed by atoms with Crippen LogP contribution in [0.25, 0.3) is 0 Å². The maximum atomic E-state index is 10.8. The number of carboxylic acid groups (broad SMARTS) is 1. The van der Waals surface area contributed by atoms with Crippen molar-refractivity contribution in [3.8, 4) is 0 Å². The average Bonchev–Trinajstić information content (AvgIpc) is 3.11. The lowest BCUT2D eigenvalue weighted by molar-refractivity contribution is -0.132. The molecule has 16 heavy (non-hydrogen) atoms. The minimum absolute atomic E-state index is 0.526. The molecule has 0 aromatic heterocycles. The molecule has 0 unspecified atom stereocenters. The van der Waals surface area contributed by atoms with Crippen LogP contribution in [0.5, 0.6) is 0 Å². The fourth-order valence-corrected chi connectivity index (χ4v) is 2.33. The second kappa shape index (κ2) is 5.00. The molecule has 0 aromatic rings. The van der Waals surface area contributed by atoms with Crippen LogP contribution in [0.3, 0.4) is 0 Å². The Morgan fingerprint density at radius 3 is 2.31 bits per heavy atom. The Labute approximate surface area is 96.9 Å². The molecular formula is C13H21NO2. The summed E-state index contributed by atoms with van der Waals surface area (Å²) in [5.41, 5.74) is 0.526. The molecule has 0 aliphatic heterocycles. The third-order valence-corrected chi connectivity index (χ3v) is 3.62. The van der Waals surface area contributed by atoms with Gasteiger partial charge in [-0.25, -0.2) is 4.79 Å². The number of hydrogen-bond acceptors (Lipinski definition) is 2. The van der Waals surface area contributed by atoms with Gasteiger partial charge in [-0.3, -0.25) is 0 Å². The second-order valence-corrected chi connectivity index (χ2v) is 5.00. The molecule has 2 aliphatic carbocycles. The van der Waals surface area contributed by atoms with Gasteiger partial charge in [-0.2, -0.15) is 0 Å².